The van der Waals surface area contributed by atoms with Gasteiger partial charge in [0.25, 0.3) is 0 Å². The smallest absolute Gasteiger partial charge is 0.463 e. The molecule has 30 heavy (non-hydrogen) atoms. The Morgan fingerprint density at radius 2 is 1.03 bits per heavy atom. The molecule has 0 heterocycles. The summed E-state index contributed by atoms with van der Waals surface area (Å²) < 4.78 is 42.7. The molecule has 0 N–H and O–H groups in total. The lowest BCUT2D eigenvalue weighted by Gasteiger charge is -2.19. The molecule has 0 fully saturated rings. The standard InChI is InChI=1S/C19H31O10P/c1-14(2)16(20)24-8-11-27-30(23,28-12-9-25-17(21)15(3)4)29-13-10-26-18(22)19(5,6)7/h1,3,8-13H2,2,4-7H3. The Morgan fingerprint density at radius 3 is 1.33 bits per heavy atom. The molecule has 0 aromatic heterocycles. The van der Waals surface area contributed by atoms with Crippen molar-refractivity contribution in [1.29, 1.82) is 0 Å². The van der Waals surface area contributed by atoms with Gasteiger partial charge >= 0.3 is 25.7 Å². The van der Waals surface area contributed by atoms with E-state index in [9.17, 15) is 18.9 Å². The monoisotopic (exact) mass is 450 g/mol. The molecule has 0 aliphatic rings. The second-order valence-electron chi connectivity index (χ2n) is 7.17. The lowest BCUT2D eigenvalue weighted by molar-refractivity contribution is -0.153. The van der Waals surface area contributed by atoms with Crippen molar-refractivity contribution in [2.24, 2.45) is 5.41 Å². The van der Waals surface area contributed by atoms with E-state index in [0.29, 0.717) is 0 Å². The number of carbonyl (C=O) groups excluding carboxylic acids is 3. The van der Waals surface area contributed by atoms with Gasteiger partial charge in [-0.3, -0.25) is 18.4 Å². The number of hydrogen-bond acceptors (Lipinski definition) is 10. The molecule has 0 aromatic rings. The molecule has 0 unspecified atom stereocenters. The van der Waals surface area contributed by atoms with Crippen LogP contribution in [0.15, 0.2) is 24.3 Å². The topological polar surface area (TPSA) is 124 Å². The van der Waals surface area contributed by atoms with Crippen LogP contribution in [0.5, 0.6) is 0 Å². The van der Waals surface area contributed by atoms with E-state index in [1.54, 1.807) is 20.8 Å². The molecule has 11 heteroatoms. The predicted molar refractivity (Wildman–Crippen MR) is 107 cm³/mol. The first-order valence-electron chi connectivity index (χ1n) is 9.14. The van der Waals surface area contributed by atoms with Crippen molar-refractivity contribution in [3.63, 3.8) is 0 Å². The molecule has 0 amide bonds. The average molecular weight is 450 g/mol. The largest absolute Gasteiger partial charge is 0.475 e. The van der Waals surface area contributed by atoms with Crippen LogP contribution in [0.2, 0.25) is 0 Å². The van der Waals surface area contributed by atoms with Crippen LogP contribution in [0.25, 0.3) is 0 Å². The second kappa shape index (κ2) is 13.3. The van der Waals surface area contributed by atoms with E-state index >= 15 is 0 Å². The summed E-state index contributed by atoms with van der Waals surface area (Å²) in [4.78, 5) is 34.4. The molecule has 0 radical (unpaired) electrons. The summed E-state index contributed by atoms with van der Waals surface area (Å²) in [6.45, 7) is 13.4. The predicted octanol–water partition coefficient (Wildman–Crippen LogP) is 2.97. The van der Waals surface area contributed by atoms with E-state index < -0.39 is 31.1 Å². The molecule has 0 aliphatic heterocycles. The number of ether oxygens (including phenoxy) is 3. The van der Waals surface area contributed by atoms with Crippen molar-refractivity contribution in [2.45, 2.75) is 34.6 Å². The fourth-order valence-corrected chi connectivity index (χ4v) is 2.54. The molecule has 0 aromatic carbocycles. The van der Waals surface area contributed by atoms with E-state index in [1.807, 2.05) is 0 Å². The highest BCUT2D eigenvalue weighted by Gasteiger charge is 2.28. The van der Waals surface area contributed by atoms with Gasteiger partial charge in [-0.1, -0.05) is 13.2 Å². The highest BCUT2D eigenvalue weighted by atomic mass is 31.2. The maximum atomic E-state index is 12.7. The summed E-state index contributed by atoms with van der Waals surface area (Å²) in [7, 11) is -4.11. The van der Waals surface area contributed by atoms with Crippen LogP contribution in [0.3, 0.4) is 0 Å². The first-order chi connectivity index (χ1) is 13.8. The van der Waals surface area contributed by atoms with Gasteiger partial charge in [-0.25, -0.2) is 14.2 Å². The van der Waals surface area contributed by atoms with Gasteiger partial charge in [0.1, 0.15) is 19.8 Å². The molecule has 10 nitrogen and oxygen atoms in total. The van der Waals surface area contributed by atoms with Gasteiger partial charge in [-0.2, -0.15) is 0 Å². The Bertz CT molecular complexity index is 639. The number of carbonyl (C=O) groups is 3. The Kier molecular flexibility index (Phi) is 12.4. The average Bonchev–Trinajstić information content (AvgIpc) is 2.64. The fourth-order valence-electron chi connectivity index (χ4n) is 1.43. The number of hydrogen-bond donors (Lipinski definition) is 0. The molecule has 0 atom stereocenters. The summed E-state index contributed by atoms with van der Waals surface area (Å²) in [5.74, 6) is -1.71. The minimum atomic E-state index is -4.11. The Hall–Kier alpha value is -2.00. The van der Waals surface area contributed by atoms with Crippen LogP contribution in [-0.4, -0.2) is 57.5 Å². The van der Waals surface area contributed by atoms with Gasteiger partial charge in [0, 0.05) is 11.1 Å². The van der Waals surface area contributed by atoms with Crippen molar-refractivity contribution >= 4 is 25.7 Å². The molecule has 0 saturated heterocycles. The zero-order valence-electron chi connectivity index (χ0n) is 18.2. The zero-order chi connectivity index (χ0) is 23.4. The van der Waals surface area contributed by atoms with E-state index in [0.717, 1.165) is 0 Å². The molecule has 0 rings (SSSR count). The summed E-state index contributed by atoms with van der Waals surface area (Å²) >= 11 is 0. The zero-order valence-corrected chi connectivity index (χ0v) is 19.1. The normalized spacial score (nSPS) is 11.5. The van der Waals surface area contributed by atoms with Crippen LogP contribution in [-0.2, 0) is 46.7 Å². The minimum absolute atomic E-state index is 0.178. The number of esters is 3. The van der Waals surface area contributed by atoms with E-state index in [1.165, 1.54) is 13.8 Å². The molecular formula is C19H31O10P. The number of phosphoric acid groups is 1. The van der Waals surface area contributed by atoms with Crippen molar-refractivity contribution in [2.75, 3.05) is 39.6 Å². The van der Waals surface area contributed by atoms with Crippen LogP contribution in [0.1, 0.15) is 34.6 Å². The van der Waals surface area contributed by atoms with E-state index in [2.05, 4.69) is 13.2 Å². The first-order valence-corrected chi connectivity index (χ1v) is 10.6. The summed E-state index contributed by atoms with van der Waals surface area (Å²) in [5, 5.41) is 0. The summed E-state index contributed by atoms with van der Waals surface area (Å²) in [5.41, 5.74) is -0.298. The van der Waals surface area contributed by atoms with E-state index in [-0.39, 0.29) is 50.8 Å². The molecule has 0 bridgehead atoms. The van der Waals surface area contributed by atoms with Crippen LogP contribution in [0, 0.1) is 5.41 Å². The SMILES string of the molecule is C=C(C)C(=O)OCCOP(=O)(OCCOC(=O)C(=C)C)OCCOC(=O)C(C)(C)C. The highest BCUT2D eigenvalue weighted by molar-refractivity contribution is 7.48. The molecule has 0 saturated carbocycles. The Labute approximate surface area is 177 Å². The lowest BCUT2D eigenvalue weighted by atomic mass is 9.97. The quantitative estimate of drug-likeness (QED) is 0.128. The Balaban J connectivity index is 4.61. The van der Waals surface area contributed by atoms with Crippen LogP contribution in [0.4, 0.5) is 0 Å². The third-order valence-corrected chi connectivity index (χ3v) is 4.50. The number of rotatable bonds is 14. The summed E-state index contributed by atoms with van der Waals surface area (Å²) in [6, 6.07) is 0. The second-order valence-corrected chi connectivity index (χ2v) is 8.83. The molecule has 172 valence electrons. The van der Waals surface area contributed by atoms with Gasteiger partial charge in [0.2, 0.25) is 0 Å². The third kappa shape index (κ3) is 12.5. The van der Waals surface area contributed by atoms with Crippen molar-refractivity contribution in [3.05, 3.63) is 24.3 Å². The van der Waals surface area contributed by atoms with Gasteiger partial charge < -0.3 is 14.2 Å². The van der Waals surface area contributed by atoms with Crippen molar-refractivity contribution in [1.82, 2.24) is 0 Å². The van der Waals surface area contributed by atoms with Crippen LogP contribution < -0.4 is 0 Å². The highest BCUT2D eigenvalue weighted by Crippen LogP contribution is 2.49. The third-order valence-electron chi connectivity index (χ3n) is 3.01. The maximum Gasteiger partial charge on any atom is 0.475 e. The van der Waals surface area contributed by atoms with Gasteiger partial charge in [-0.05, 0) is 34.6 Å². The van der Waals surface area contributed by atoms with Gasteiger partial charge in [0.05, 0.1) is 25.2 Å². The van der Waals surface area contributed by atoms with Crippen LogP contribution >= 0.6 is 7.82 Å². The maximum absolute atomic E-state index is 12.7. The first kappa shape index (κ1) is 28.0. The minimum Gasteiger partial charge on any atom is -0.463 e. The van der Waals surface area contributed by atoms with Crippen molar-refractivity contribution in [3.8, 4) is 0 Å². The van der Waals surface area contributed by atoms with Gasteiger partial charge in [0.15, 0.2) is 0 Å². The van der Waals surface area contributed by atoms with Crippen molar-refractivity contribution < 1.29 is 46.7 Å². The Morgan fingerprint density at radius 1 is 0.700 bits per heavy atom. The van der Waals surface area contributed by atoms with Gasteiger partial charge in [-0.15, -0.1) is 0 Å². The molecule has 0 aliphatic carbocycles. The van der Waals surface area contributed by atoms with E-state index in [4.69, 9.17) is 27.8 Å². The number of phosphoric ester groups is 1. The fraction of sp³-hybridized carbons (Fsp3) is 0.632. The lowest BCUT2D eigenvalue weighted by Crippen LogP contribution is -2.24. The molecule has 0 spiro atoms. The molecular weight excluding hydrogens is 419 g/mol. The summed E-state index contributed by atoms with van der Waals surface area (Å²) in [6.07, 6.45) is 0.